The van der Waals surface area contributed by atoms with Crippen molar-refractivity contribution in [1.82, 2.24) is 0 Å². The SMILES string of the molecule is CSc1ccccc1NC(=O)[C@H]1CN(S(C)(=O)=O)c2ccccc2O1. The molecule has 0 unspecified atom stereocenters. The third-order valence-electron chi connectivity index (χ3n) is 3.79. The molecule has 0 spiro atoms. The van der Waals surface area contributed by atoms with Crippen molar-refractivity contribution in [2.24, 2.45) is 0 Å². The third kappa shape index (κ3) is 3.74. The lowest BCUT2D eigenvalue weighted by Crippen LogP contribution is -2.48. The van der Waals surface area contributed by atoms with Crippen molar-refractivity contribution in [2.75, 3.05) is 28.7 Å². The minimum atomic E-state index is -3.52. The predicted octanol–water partition coefficient (Wildman–Crippen LogP) is 2.57. The first kappa shape index (κ1) is 17.6. The van der Waals surface area contributed by atoms with Crippen LogP contribution in [0.25, 0.3) is 0 Å². The van der Waals surface area contributed by atoms with E-state index in [-0.39, 0.29) is 12.5 Å². The fourth-order valence-electron chi connectivity index (χ4n) is 2.61. The summed E-state index contributed by atoms with van der Waals surface area (Å²) in [6.07, 6.45) is 2.11. The Hall–Kier alpha value is -2.19. The van der Waals surface area contributed by atoms with E-state index in [9.17, 15) is 13.2 Å². The number of carbonyl (C=O) groups is 1. The van der Waals surface area contributed by atoms with Crippen LogP contribution >= 0.6 is 11.8 Å². The maximum absolute atomic E-state index is 12.7. The van der Waals surface area contributed by atoms with Crippen molar-refractivity contribution < 1.29 is 17.9 Å². The Morgan fingerprint density at radius 1 is 1.20 bits per heavy atom. The van der Waals surface area contributed by atoms with Crippen LogP contribution in [0.2, 0.25) is 0 Å². The average Bonchev–Trinajstić information content (AvgIpc) is 2.60. The monoisotopic (exact) mass is 378 g/mol. The van der Waals surface area contributed by atoms with Crippen molar-refractivity contribution in [3.63, 3.8) is 0 Å². The Balaban J connectivity index is 1.87. The van der Waals surface area contributed by atoms with E-state index in [1.807, 2.05) is 24.5 Å². The number of sulfonamides is 1. The van der Waals surface area contributed by atoms with Gasteiger partial charge in [0, 0.05) is 4.90 Å². The molecule has 3 rings (SSSR count). The second kappa shape index (κ2) is 6.97. The fourth-order valence-corrected chi connectivity index (χ4v) is 4.08. The summed E-state index contributed by atoms with van der Waals surface area (Å²) in [5.74, 6) is -0.0119. The Labute approximate surface area is 151 Å². The molecular formula is C17H18N2O4S2. The number of hydrogen-bond donors (Lipinski definition) is 1. The Bertz CT molecular complexity index is 899. The highest BCUT2D eigenvalue weighted by Crippen LogP contribution is 2.35. The number of rotatable bonds is 4. The van der Waals surface area contributed by atoms with Gasteiger partial charge in [-0.05, 0) is 30.5 Å². The Kier molecular flexibility index (Phi) is 4.91. The number of ether oxygens (including phenoxy) is 1. The maximum Gasteiger partial charge on any atom is 0.267 e. The summed E-state index contributed by atoms with van der Waals surface area (Å²) in [5.41, 5.74) is 1.12. The molecule has 1 heterocycles. The van der Waals surface area contributed by atoms with E-state index < -0.39 is 16.1 Å². The zero-order valence-electron chi connectivity index (χ0n) is 13.8. The molecule has 1 aliphatic rings. The maximum atomic E-state index is 12.7. The van der Waals surface area contributed by atoms with Gasteiger partial charge in [0.1, 0.15) is 5.75 Å². The van der Waals surface area contributed by atoms with Crippen LogP contribution < -0.4 is 14.4 Å². The van der Waals surface area contributed by atoms with Crippen molar-refractivity contribution in [3.8, 4) is 5.75 Å². The molecule has 132 valence electrons. The number of nitrogens with one attached hydrogen (secondary N) is 1. The zero-order valence-corrected chi connectivity index (χ0v) is 15.4. The van der Waals surface area contributed by atoms with Gasteiger partial charge in [0.2, 0.25) is 10.0 Å². The van der Waals surface area contributed by atoms with Gasteiger partial charge in [0.05, 0.1) is 24.2 Å². The topological polar surface area (TPSA) is 75.7 Å². The standard InChI is InChI=1S/C17H18N2O4S2/c1-24-16-10-6-3-7-12(16)18-17(20)15-11-19(25(2,21)22)13-8-4-5-9-14(13)23-15/h3-10,15H,11H2,1-2H3,(H,18,20)/t15-/m1/s1. The first-order valence-corrected chi connectivity index (χ1v) is 10.6. The summed E-state index contributed by atoms with van der Waals surface area (Å²) in [5, 5.41) is 2.83. The van der Waals surface area contributed by atoms with E-state index in [1.165, 1.54) is 16.1 Å². The summed E-state index contributed by atoms with van der Waals surface area (Å²) >= 11 is 1.52. The van der Waals surface area contributed by atoms with Crippen LogP contribution in [0.4, 0.5) is 11.4 Å². The number of amides is 1. The number of nitrogens with zero attached hydrogens (tertiary/aromatic N) is 1. The van der Waals surface area contributed by atoms with Crippen molar-refractivity contribution in [2.45, 2.75) is 11.0 Å². The summed E-state index contributed by atoms with van der Waals surface area (Å²) in [7, 11) is -3.52. The van der Waals surface area contributed by atoms with E-state index in [4.69, 9.17) is 4.74 Å². The van der Waals surface area contributed by atoms with Crippen molar-refractivity contribution in [1.29, 1.82) is 0 Å². The van der Waals surface area contributed by atoms with Crippen LogP contribution in [-0.2, 0) is 14.8 Å². The van der Waals surface area contributed by atoms with Crippen molar-refractivity contribution in [3.05, 3.63) is 48.5 Å². The number of carbonyl (C=O) groups excluding carboxylic acids is 1. The number of hydrogen-bond acceptors (Lipinski definition) is 5. The number of thioether (sulfide) groups is 1. The normalized spacial score (nSPS) is 16.7. The molecule has 0 saturated carbocycles. The zero-order chi connectivity index (χ0) is 18.0. The fraction of sp³-hybridized carbons (Fsp3) is 0.235. The van der Waals surface area contributed by atoms with Crippen LogP contribution in [0.1, 0.15) is 0 Å². The molecular weight excluding hydrogens is 360 g/mol. The van der Waals surface area contributed by atoms with Gasteiger partial charge in [-0.3, -0.25) is 9.10 Å². The van der Waals surface area contributed by atoms with Gasteiger partial charge < -0.3 is 10.1 Å². The summed E-state index contributed by atoms with van der Waals surface area (Å²) in [4.78, 5) is 13.6. The molecule has 2 aromatic rings. The van der Waals surface area contributed by atoms with E-state index in [2.05, 4.69) is 5.32 Å². The van der Waals surface area contributed by atoms with Crippen LogP contribution in [0.3, 0.4) is 0 Å². The summed E-state index contributed by atoms with van der Waals surface area (Å²) < 4.78 is 31.2. The van der Waals surface area contributed by atoms with Gasteiger partial charge in [0.15, 0.2) is 6.10 Å². The van der Waals surface area contributed by atoms with Gasteiger partial charge in [-0.15, -0.1) is 11.8 Å². The van der Waals surface area contributed by atoms with Crippen LogP contribution in [0.15, 0.2) is 53.4 Å². The van der Waals surface area contributed by atoms with Crippen LogP contribution in [0.5, 0.6) is 5.75 Å². The molecule has 0 bridgehead atoms. The smallest absolute Gasteiger partial charge is 0.267 e. The molecule has 1 N–H and O–H groups in total. The molecule has 1 aliphatic heterocycles. The molecule has 0 fully saturated rings. The largest absolute Gasteiger partial charge is 0.476 e. The van der Waals surface area contributed by atoms with Gasteiger partial charge in [-0.1, -0.05) is 24.3 Å². The molecule has 0 aromatic heterocycles. The van der Waals surface area contributed by atoms with Gasteiger partial charge in [-0.2, -0.15) is 0 Å². The van der Waals surface area contributed by atoms with Crippen LogP contribution in [0, 0.1) is 0 Å². The highest BCUT2D eigenvalue weighted by molar-refractivity contribution is 7.98. The minimum absolute atomic E-state index is 0.0664. The highest BCUT2D eigenvalue weighted by Gasteiger charge is 2.35. The van der Waals surface area contributed by atoms with E-state index >= 15 is 0 Å². The lowest BCUT2D eigenvalue weighted by atomic mass is 10.2. The lowest BCUT2D eigenvalue weighted by molar-refractivity contribution is -0.122. The molecule has 0 radical (unpaired) electrons. The molecule has 1 atom stereocenters. The van der Waals surface area contributed by atoms with Gasteiger partial charge in [0.25, 0.3) is 5.91 Å². The lowest BCUT2D eigenvalue weighted by Gasteiger charge is -2.33. The molecule has 25 heavy (non-hydrogen) atoms. The Morgan fingerprint density at radius 3 is 2.60 bits per heavy atom. The summed E-state index contributed by atoms with van der Waals surface area (Å²) in [6.45, 7) is -0.0664. The first-order valence-electron chi connectivity index (χ1n) is 7.57. The van der Waals surface area contributed by atoms with E-state index in [0.717, 1.165) is 11.2 Å². The quantitative estimate of drug-likeness (QED) is 0.828. The van der Waals surface area contributed by atoms with Crippen LogP contribution in [-0.4, -0.2) is 39.5 Å². The number of anilines is 2. The molecule has 0 aliphatic carbocycles. The molecule has 1 amide bonds. The average molecular weight is 378 g/mol. The minimum Gasteiger partial charge on any atom is -0.476 e. The van der Waals surface area contributed by atoms with Crippen molar-refractivity contribution >= 4 is 39.1 Å². The first-order chi connectivity index (χ1) is 11.9. The molecule has 6 nitrogen and oxygen atoms in total. The Morgan fingerprint density at radius 2 is 1.88 bits per heavy atom. The molecule has 0 saturated heterocycles. The number of benzene rings is 2. The van der Waals surface area contributed by atoms with E-state index in [1.54, 1.807) is 30.3 Å². The van der Waals surface area contributed by atoms with Gasteiger partial charge in [-0.25, -0.2) is 8.42 Å². The van der Waals surface area contributed by atoms with E-state index in [0.29, 0.717) is 17.1 Å². The second-order valence-electron chi connectivity index (χ2n) is 5.56. The predicted molar refractivity (Wildman–Crippen MR) is 99.9 cm³/mol. The number of fused-ring (bicyclic) bond motifs is 1. The summed E-state index contributed by atoms with van der Waals surface area (Å²) in [6, 6.07) is 14.2. The third-order valence-corrected chi connectivity index (χ3v) is 5.73. The second-order valence-corrected chi connectivity index (χ2v) is 8.31. The molecule has 2 aromatic carbocycles. The highest BCUT2D eigenvalue weighted by atomic mass is 32.2. The van der Waals surface area contributed by atoms with Gasteiger partial charge >= 0.3 is 0 Å². The molecule has 8 heteroatoms. The number of para-hydroxylation sites is 3.